The zero-order valence-electron chi connectivity index (χ0n) is 10.1. The Kier molecular flexibility index (Phi) is 3.72. The first-order valence-corrected chi connectivity index (χ1v) is 5.45. The summed E-state index contributed by atoms with van der Waals surface area (Å²) in [6.45, 7) is 1.51. The molecule has 5 nitrogen and oxygen atoms in total. The maximum absolute atomic E-state index is 5.00. The first-order chi connectivity index (χ1) is 8.29. The van der Waals surface area contributed by atoms with Crippen molar-refractivity contribution in [3.8, 4) is 5.88 Å². The molecule has 0 spiro atoms. The van der Waals surface area contributed by atoms with Crippen LogP contribution in [0.2, 0.25) is 0 Å². The minimum atomic E-state index is 0.637. The molecule has 2 aromatic heterocycles. The Balaban J connectivity index is 1.83. The van der Waals surface area contributed by atoms with Gasteiger partial charge >= 0.3 is 0 Å². The molecule has 0 aliphatic carbocycles. The molecule has 1 N–H and O–H groups in total. The standard InChI is InChI=1S/C12H16N4O/c1-16-6-5-14-11(16)9-13-7-10-3-4-12(17-2)15-8-10/h3-6,8,13H,7,9H2,1-2H3. The van der Waals surface area contributed by atoms with E-state index in [1.54, 1.807) is 13.3 Å². The number of methoxy groups -OCH3 is 1. The number of hydrogen-bond acceptors (Lipinski definition) is 4. The lowest BCUT2D eigenvalue weighted by Crippen LogP contribution is -2.15. The van der Waals surface area contributed by atoms with Gasteiger partial charge in [0.05, 0.1) is 13.7 Å². The Morgan fingerprint density at radius 1 is 1.29 bits per heavy atom. The Hall–Kier alpha value is -1.88. The molecule has 0 aliphatic rings. The number of ether oxygens (including phenoxy) is 1. The average molecular weight is 232 g/mol. The molecular formula is C12H16N4O. The monoisotopic (exact) mass is 232 g/mol. The van der Waals surface area contributed by atoms with Crippen LogP contribution in [0, 0.1) is 0 Å². The van der Waals surface area contributed by atoms with E-state index in [0.717, 1.165) is 24.5 Å². The molecule has 0 amide bonds. The number of imidazole rings is 1. The van der Waals surface area contributed by atoms with Crippen molar-refractivity contribution < 1.29 is 4.74 Å². The van der Waals surface area contributed by atoms with Crippen LogP contribution in [0.4, 0.5) is 0 Å². The predicted molar refractivity (Wildman–Crippen MR) is 64.5 cm³/mol. The fraction of sp³-hybridized carbons (Fsp3) is 0.333. The van der Waals surface area contributed by atoms with Crippen molar-refractivity contribution in [2.45, 2.75) is 13.1 Å². The van der Waals surface area contributed by atoms with E-state index in [4.69, 9.17) is 4.74 Å². The molecule has 0 atom stereocenters. The van der Waals surface area contributed by atoms with E-state index < -0.39 is 0 Å². The highest BCUT2D eigenvalue weighted by molar-refractivity contribution is 5.17. The van der Waals surface area contributed by atoms with Gasteiger partial charge in [0.1, 0.15) is 5.82 Å². The van der Waals surface area contributed by atoms with Crippen LogP contribution in [0.3, 0.4) is 0 Å². The molecule has 2 aromatic rings. The quantitative estimate of drug-likeness (QED) is 0.839. The fourth-order valence-electron chi connectivity index (χ4n) is 1.52. The minimum Gasteiger partial charge on any atom is -0.481 e. The number of aryl methyl sites for hydroxylation is 1. The molecule has 0 radical (unpaired) electrons. The van der Waals surface area contributed by atoms with Gasteiger partial charge in [0.25, 0.3) is 0 Å². The predicted octanol–water partition coefficient (Wildman–Crippen LogP) is 1.11. The van der Waals surface area contributed by atoms with Crippen molar-refractivity contribution in [1.82, 2.24) is 19.9 Å². The largest absolute Gasteiger partial charge is 0.481 e. The normalized spacial score (nSPS) is 10.5. The van der Waals surface area contributed by atoms with Crippen LogP contribution in [-0.2, 0) is 20.1 Å². The SMILES string of the molecule is COc1ccc(CNCc2nccn2C)cn1. The van der Waals surface area contributed by atoms with Crippen LogP contribution >= 0.6 is 0 Å². The van der Waals surface area contributed by atoms with Gasteiger partial charge in [0.2, 0.25) is 5.88 Å². The van der Waals surface area contributed by atoms with Crippen molar-refractivity contribution in [3.05, 3.63) is 42.1 Å². The summed E-state index contributed by atoms with van der Waals surface area (Å²) < 4.78 is 7.00. The van der Waals surface area contributed by atoms with Crippen LogP contribution in [0.1, 0.15) is 11.4 Å². The number of aromatic nitrogens is 3. The van der Waals surface area contributed by atoms with Gasteiger partial charge in [-0.2, -0.15) is 0 Å². The number of rotatable bonds is 5. The van der Waals surface area contributed by atoms with E-state index in [0.29, 0.717) is 5.88 Å². The third-order valence-electron chi connectivity index (χ3n) is 2.54. The maximum atomic E-state index is 5.00. The third kappa shape index (κ3) is 3.04. The van der Waals surface area contributed by atoms with Gasteiger partial charge in [0, 0.05) is 38.2 Å². The molecule has 90 valence electrons. The van der Waals surface area contributed by atoms with Crippen LogP contribution in [0.5, 0.6) is 5.88 Å². The average Bonchev–Trinajstić information content (AvgIpc) is 2.76. The summed E-state index contributed by atoms with van der Waals surface area (Å²) in [6.07, 6.45) is 5.54. The lowest BCUT2D eigenvalue weighted by atomic mass is 10.3. The first kappa shape index (κ1) is 11.6. The molecule has 17 heavy (non-hydrogen) atoms. The summed E-state index contributed by atoms with van der Waals surface area (Å²) in [7, 11) is 3.60. The second-order valence-electron chi connectivity index (χ2n) is 3.77. The zero-order chi connectivity index (χ0) is 12.1. The Bertz CT molecular complexity index is 464. The lowest BCUT2D eigenvalue weighted by Gasteiger charge is -2.05. The van der Waals surface area contributed by atoms with E-state index in [1.165, 1.54) is 0 Å². The van der Waals surface area contributed by atoms with E-state index in [9.17, 15) is 0 Å². The summed E-state index contributed by atoms with van der Waals surface area (Å²) in [6, 6.07) is 3.86. The highest BCUT2D eigenvalue weighted by atomic mass is 16.5. The van der Waals surface area contributed by atoms with E-state index in [-0.39, 0.29) is 0 Å². The molecule has 0 fully saturated rings. The Morgan fingerprint density at radius 3 is 2.76 bits per heavy atom. The molecule has 5 heteroatoms. The third-order valence-corrected chi connectivity index (χ3v) is 2.54. The molecular weight excluding hydrogens is 216 g/mol. The maximum Gasteiger partial charge on any atom is 0.212 e. The summed E-state index contributed by atoms with van der Waals surface area (Å²) in [4.78, 5) is 8.39. The molecule has 0 saturated carbocycles. The van der Waals surface area contributed by atoms with Gasteiger partial charge < -0.3 is 14.6 Å². The number of pyridine rings is 1. The summed E-state index contributed by atoms with van der Waals surface area (Å²) in [5, 5.41) is 3.32. The number of nitrogens with one attached hydrogen (secondary N) is 1. The fourth-order valence-corrected chi connectivity index (χ4v) is 1.52. The highest BCUT2D eigenvalue weighted by Gasteiger charge is 1.99. The molecule has 2 rings (SSSR count). The summed E-state index contributed by atoms with van der Waals surface area (Å²) in [5.74, 6) is 1.66. The molecule has 0 bridgehead atoms. The van der Waals surface area contributed by atoms with Crippen molar-refractivity contribution in [3.63, 3.8) is 0 Å². The van der Waals surface area contributed by atoms with Gasteiger partial charge in [-0.3, -0.25) is 0 Å². The number of nitrogens with zero attached hydrogens (tertiary/aromatic N) is 3. The molecule has 2 heterocycles. The lowest BCUT2D eigenvalue weighted by molar-refractivity contribution is 0.397. The van der Waals surface area contributed by atoms with E-state index >= 15 is 0 Å². The van der Waals surface area contributed by atoms with Crippen molar-refractivity contribution in [1.29, 1.82) is 0 Å². The topological polar surface area (TPSA) is 52.0 Å². The molecule has 0 saturated heterocycles. The van der Waals surface area contributed by atoms with E-state index in [1.807, 2.05) is 36.1 Å². The van der Waals surface area contributed by atoms with Crippen molar-refractivity contribution in [2.24, 2.45) is 7.05 Å². The van der Waals surface area contributed by atoms with Gasteiger partial charge in [-0.25, -0.2) is 9.97 Å². The number of hydrogen-bond donors (Lipinski definition) is 1. The van der Waals surface area contributed by atoms with Crippen LogP contribution in [0.25, 0.3) is 0 Å². The highest BCUT2D eigenvalue weighted by Crippen LogP contribution is 2.06. The van der Waals surface area contributed by atoms with Crippen molar-refractivity contribution >= 4 is 0 Å². The Morgan fingerprint density at radius 2 is 2.18 bits per heavy atom. The van der Waals surface area contributed by atoms with E-state index in [2.05, 4.69) is 15.3 Å². The summed E-state index contributed by atoms with van der Waals surface area (Å²) >= 11 is 0. The van der Waals surface area contributed by atoms with Crippen molar-refractivity contribution in [2.75, 3.05) is 7.11 Å². The van der Waals surface area contributed by atoms with Gasteiger partial charge in [-0.15, -0.1) is 0 Å². The van der Waals surface area contributed by atoms with Crippen LogP contribution in [-0.4, -0.2) is 21.6 Å². The molecule has 0 aromatic carbocycles. The Labute approximate surface area is 100 Å². The second-order valence-corrected chi connectivity index (χ2v) is 3.77. The zero-order valence-corrected chi connectivity index (χ0v) is 10.1. The van der Waals surface area contributed by atoms with Crippen LogP contribution in [0.15, 0.2) is 30.7 Å². The van der Waals surface area contributed by atoms with Gasteiger partial charge in [-0.1, -0.05) is 6.07 Å². The smallest absolute Gasteiger partial charge is 0.212 e. The van der Waals surface area contributed by atoms with Gasteiger partial charge in [-0.05, 0) is 5.56 Å². The molecule has 0 unspecified atom stereocenters. The molecule has 0 aliphatic heterocycles. The summed E-state index contributed by atoms with van der Waals surface area (Å²) in [5.41, 5.74) is 1.13. The van der Waals surface area contributed by atoms with Gasteiger partial charge in [0.15, 0.2) is 0 Å². The van der Waals surface area contributed by atoms with Crippen LogP contribution < -0.4 is 10.1 Å². The second kappa shape index (κ2) is 5.45. The minimum absolute atomic E-state index is 0.637. The first-order valence-electron chi connectivity index (χ1n) is 5.45.